The van der Waals surface area contributed by atoms with Crippen molar-refractivity contribution < 1.29 is 22.2 Å². The number of fused-ring (bicyclic) bond motifs is 1. The minimum absolute atomic E-state index is 0.0882. The predicted octanol–water partition coefficient (Wildman–Crippen LogP) is 1.87. The fourth-order valence-electron chi connectivity index (χ4n) is 2.57. The maximum absolute atomic E-state index is 13.6. The molecule has 1 amide bonds. The van der Waals surface area contributed by atoms with Gasteiger partial charge in [-0.05, 0) is 18.0 Å². The number of anilines is 1. The van der Waals surface area contributed by atoms with Crippen LogP contribution < -0.4 is 10.1 Å². The first-order valence-corrected chi connectivity index (χ1v) is 9.64. The van der Waals surface area contributed by atoms with E-state index < -0.39 is 33.0 Å². The van der Waals surface area contributed by atoms with Crippen molar-refractivity contribution in [3.05, 3.63) is 53.9 Å². The molecule has 0 saturated heterocycles. The molecule has 0 bridgehead atoms. The molecule has 2 aromatic rings. The van der Waals surface area contributed by atoms with Crippen LogP contribution in [0.3, 0.4) is 0 Å². The Hall–Kier alpha value is -3.30. The maximum Gasteiger partial charge on any atom is 0.418 e. The van der Waals surface area contributed by atoms with Gasteiger partial charge in [-0.2, -0.15) is 18.4 Å². The Morgan fingerprint density at radius 3 is 2.61 bits per heavy atom. The summed E-state index contributed by atoms with van der Waals surface area (Å²) >= 11 is 0. The predicted molar refractivity (Wildman–Crippen MR) is 96.5 cm³/mol. The van der Waals surface area contributed by atoms with E-state index in [1.54, 1.807) is 6.07 Å². The summed E-state index contributed by atoms with van der Waals surface area (Å²) in [5.74, 6) is 2.50. The van der Waals surface area contributed by atoms with E-state index in [4.69, 9.17) is 5.26 Å². The first-order chi connectivity index (χ1) is 12.9. The summed E-state index contributed by atoms with van der Waals surface area (Å²) in [4.78, 5) is 18.8. The number of carbonyl (C=O) groups is 1. The van der Waals surface area contributed by atoms with Crippen LogP contribution in [0.25, 0.3) is 5.69 Å². The van der Waals surface area contributed by atoms with Crippen LogP contribution in [0.15, 0.2) is 37.1 Å². The van der Waals surface area contributed by atoms with Crippen molar-refractivity contribution in [1.82, 2.24) is 19.4 Å². The lowest BCUT2D eigenvalue weighted by Crippen LogP contribution is -2.48. The molecule has 0 radical (unpaired) electrons. The Morgan fingerprint density at radius 2 is 2.07 bits per heavy atom. The highest BCUT2D eigenvalue weighted by Crippen LogP contribution is 2.39. The summed E-state index contributed by atoms with van der Waals surface area (Å²) in [7, 11) is -2.86. The molecule has 1 aliphatic heterocycles. The van der Waals surface area contributed by atoms with Gasteiger partial charge in [-0.25, -0.2) is 9.99 Å². The second-order valence-corrected chi connectivity index (χ2v) is 8.19. The van der Waals surface area contributed by atoms with Gasteiger partial charge in [0.15, 0.2) is 5.69 Å². The molecular weight excluding hydrogens is 397 g/mol. The molecule has 0 saturated carbocycles. The largest absolute Gasteiger partial charge is 0.418 e. The third kappa shape index (κ3) is 3.57. The summed E-state index contributed by atoms with van der Waals surface area (Å²) in [6.45, 7) is 3.56. The minimum atomic E-state index is -4.74. The van der Waals surface area contributed by atoms with E-state index in [-0.39, 0.29) is 22.8 Å². The minimum Gasteiger partial charge on any atom is -0.340 e. The standard InChI is InChI=1S/C16H13F3N6O2S/c1-9-22-13-5-12(16(17,18)19)14(24-7-10(6-20)21-8-24)4-11(13)15(26)25(9)23-28(2,3)27/h4-5,7-8,22H,1-2H2,3H3,(H,23,27). The van der Waals surface area contributed by atoms with Crippen molar-refractivity contribution in [2.24, 2.45) is 0 Å². The number of carbonyl (C=O) groups excluding carboxylic acids is 1. The molecule has 1 aromatic heterocycles. The molecule has 1 aliphatic rings. The highest BCUT2D eigenvalue weighted by atomic mass is 32.2. The number of nitriles is 1. The summed E-state index contributed by atoms with van der Waals surface area (Å²) < 4.78 is 53.6. The Balaban J connectivity index is 2.20. The van der Waals surface area contributed by atoms with Gasteiger partial charge in [-0.3, -0.25) is 9.00 Å². The molecule has 1 aromatic carbocycles. The second kappa shape index (κ2) is 6.39. The van der Waals surface area contributed by atoms with Crippen LogP contribution in [0.5, 0.6) is 0 Å². The van der Waals surface area contributed by atoms with Crippen LogP contribution in [0.1, 0.15) is 21.6 Å². The third-order valence-electron chi connectivity index (χ3n) is 3.68. The van der Waals surface area contributed by atoms with Gasteiger partial charge in [0.1, 0.15) is 18.2 Å². The van der Waals surface area contributed by atoms with Crippen LogP contribution in [0.2, 0.25) is 0 Å². The number of aromatic nitrogens is 2. The number of nitrogens with one attached hydrogen (secondary N) is 2. The van der Waals surface area contributed by atoms with Gasteiger partial charge in [-0.1, -0.05) is 6.58 Å². The normalized spacial score (nSPS) is 16.2. The topological polar surface area (TPSA) is 103 Å². The molecule has 2 heterocycles. The highest BCUT2D eigenvalue weighted by molar-refractivity contribution is 7.97. The molecular formula is C16H13F3N6O2S. The number of hydrazine groups is 1. The summed E-state index contributed by atoms with van der Waals surface area (Å²) in [6, 6.07) is 3.50. The van der Waals surface area contributed by atoms with E-state index in [2.05, 4.69) is 27.6 Å². The lowest BCUT2D eigenvalue weighted by Gasteiger charge is -2.32. The molecule has 2 N–H and O–H groups in total. The average Bonchev–Trinajstić information content (AvgIpc) is 3.05. The average molecular weight is 410 g/mol. The zero-order chi connectivity index (χ0) is 20.9. The first-order valence-electron chi connectivity index (χ1n) is 7.50. The van der Waals surface area contributed by atoms with Gasteiger partial charge in [0, 0.05) is 22.2 Å². The number of alkyl halides is 3. The van der Waals surface area contributed by atoms with Gasteiger partial charge in [0.2, 0.25) is 0 Å². The summed E-state index contributed by atoms with van der Waals surface area (Å²) in [5, 5.41) is 12.3. The number of rotatable bonds is 3. The molecule has 0 aliphatic carbocycles. The molecule has 0 fully saturated rings. The zero-order valence-electron chi connectivity index (χ0n) is 14.4. The van der Waals surface area contributed by atoms with Crippen molar-refractivity contribution in [3.63, 3.8) is 0 Å². The van der Waals surface area contributed by atoms with Crippen molar-refractivity contribution in [2.45, 2.75) is 6.18 Å². The fourth-order valence-corrected chi connectivity index (χ4v) is 3.14. The van der Waals surface area contributed by atoms with Crippen molar-refractivity contribution in [2.75, 3.05) is 11.6 Å². The lowest BCUT2D eigenvalue weighted by molar-refractivity contribution is -0.137. The summed E-state index contributed by atoms with van der Waals surface area (Å²) in [6.07, 6.45) is -1.34. The monoisotopic (exact) mass is 410 g/mol. The summed E-state index contributed by atoms with van der Waals surface area (Å²) in [5.41, 5.74) is -1.77. The molecule has 3 rings (SSSR count). The fraction of sp³-hybridized carbons (Fsp3) is 0.125. The lowest BCUT2D eigenvalue weighted by atomic mass is 10.0. The van der Waals surface area contributed by atoms with Gasteiger partial charge >= 0.3 is 6.18 Å². The molecule has 8 nitrogen and oxygen atoms in total. The van der Waals surface area contributed by atoms with Gasteiger partial charge < -0.3 is 9.88 Å². The van der Waals surface area contributed by atoms with Crippen LogP contribution in [-0.4, -0.2) is 36.8 Å². The van der Waals surface area contributed by atoms with E-state index in [9.17, 15) is 22.2 Å². The van der Waals surface area contributed by atoms with E-state index >= 15 is 0 Å². The Kier molecular flexibility index (Phi) is 4.44. The quantitative estimate of drug-likeness (QED) is 0.752. The molecule has 1 unspecified atom stereocenters. The highest BCUT2D eigenvalue weighted by Gasteiger charge is 2.38. The van der Waals surface area contributed by atoms with Crippen molar-refractivity contribution in [1.29, 1.82) is 5.26 Å². The van der Waals surface area contributed by atoms with E-state index in [1.807, 2.05) is 0 Å². The Morgan fingerprint density at radius 1 is 1.39 bits per heavy atom. The maximum atomic E-state index is 13.6. The van der Waals surface area contributed by atoms with Gasteiger partial charge in [0.25, 0.3) is 5.91 Å². The van der Waals surface area contributed by atoms with E-state index in [0.717, 1.165) is 34.2 Å². The number of hydrogen-bond acceptors (Lipinski definition) is 5. The van der Waals surface area contributed by atoms with Crippen LogP contribution in [0.4, 0.5) is 18.9 Å². The number of imidazole rings is 1. The van der Waals surface area contributed by atoms with Crippen LogP contribution in [-0.2, 0) is 15.9 Å². The number of nitrogens with zero attached hydrogens (tertiary/aromatic N) is 4. The second-order valence-electron chi connectivity index (χ2n) is 6.00. The van der Waals surface area contributed by atoms with Gasteiger partial charge in [-0.15, -0.1) is 4.83 Å². The van der Waals surface area contributed by atoms with Crippen molar-refractivity contribution in [3.8, 4) is 11.8 Å². The number of amides is 1. The van der Waals surface area contributed by atoms with E-state index in [0.29, 0.717) is 0 Å². The Bertz CT molecular complexity index is 1140. The van der Waals surface area contributed by atoms with Crippen LogP contribution in [0, 0.1) is 11.3 Å². The first kappa shape index (κ1) is 19.5. The molecule has 28 heavy (non-hydrogen) atoms. The van der Waals surface area contributed by atoms with E-state index in [1.165, 1.54) is 6.26 Å². The number of benzene rings is 1. The molecule has 0 spiro atoms. The van der Waals surface area contributed by atoms with Crippen LogP contribution >= 0.6 is 0 Å². The van der Waals surface area contributed by atoms with Crippen molar-refractivity contribution >= 4 is 27.2 Å². The molecule has 1 atom stereocenters. The molecule has 12 heteroatoms. The molecule has 146 valence electrons. The SMILES string of the molecule is C=C1Nc2cc(C(F)(F)F)c(-n3cnc(C#N)c3)cc2C(=O)N1NS(=C)(C)=O. The zero-order valence-corrected chi connectivity index (χ0v) is 15.2. The number of hydrogen-bond donors (Lipinski definition) is 2. The number of halogens is 3. The Labute approximate surface area is 158 Å². The third-order valence-corrected chi connectivity index (χ3v) is 4.25. The van der Waals surface area contributed by atoms with Gasteiger partial charge in [0.05, 0.1) is 22.5 Å². The smallest absolute Gasteiger partial charge is 0.340 e.